The minimum Gasteiger partial charge on any atom is -0.465 e. The number of ether oxygens (including phenoxy) is 1. The summed E-state index contributed by atoms with van der Waals surface area (Å²) in [6.07, 6.45) is 0. The van der Waals surface area contributed by atoms with Crippen LogP contribution in [-0.4, -0.2) is 23.1 Å². The van der Waals surface area contributed by atoms with Crippen LogP contribution in [0.1, 0.15) is 16.6 Å². The van der Waals surface area contributed by atoms with E-state index >= 15 is 0 Å². The fourth-order valence-corrected chi connectivity index (χ4v) is 5.03. The summed E-state index contributed by atoms with van der Waals surface area (Å²) in [6.45, 7) is 2.05. The molecule has 5 nitrogen and oxygen atoms in total. The Hall–Kier alpha value is -2.48. The summed E-state index contributed by atoms with van der Waals surface area (Å²) in [6, 6.07) is 15.2. The molecule has 4 aromatic rings. The van der Waals surface area contributed by atoms with Crippen LogP contribution in [0.5, 0.6) is 0 Å². The van der Waals surface area contributed by atoms with Crippen LogP contribution in [0.2, 0.25) is 4.34 Å². The molecule has 1 amide bonds. The molecule has 0 fully saturated rings. The maximum atomic E-state index is 12.6. The van der Waals surface area contributed by atoms with Gasteiger partial charge in [-0.2, -0.15) is 4.99 Å². The summed E-state index contributed by atoms with van der Waals surface area (Å²) in [5.41, 5.74) is 0.840. The van der Waals surface area contributed by atoms with Gasteiger partial charge in [0.1, 0.15) is 6.54 Å². The number of thiazole rings is 1. The third kappa shape index (κ3) is 3.61. The lowest BCUT2D eigenvalue weighted by atomic mass is 10.1. The van der Waals surface area contributed by atoms with Crippen LogP contribution in [0.3, 0.4) is 0 Å². The van der Waals surface area contributed by atoms with Gasteiger partial charge in [-0.05, 0) is 30.5 Å². The minimum absolute atomic E-state index is 0.0104. The van der Waals surface area contributed by atoms with Crippen molar-refractivity contribution in [2.24, 2.45) is 4.99 Å². The van der Waals surface area contributed by atoms with Gasteiger partial charge in [-0.3, -0.25) is 9.59 Å². The van der Waals surface area contributed by atoms with E-state index in [2.05, 4.69) is 4.99 Å². The van der Waals surface area contributed by atoms with Crippen molar-refractivity contribution in [3.63, 3.8) is 0 Å². The topological polar surface area (TPSA) is 60.7 Å². The van der Waals surface area contributed by atoms with Gasteiger partial charge >= 0.3 is 5.97 Å². The minimum atomic E-state index is -0.384. The number of thiophene rings is 1. The number of fused-ring (bicyclic) bond motifs is 3. The number of hydrogen-bond donors (Lipinski definition) is 0. The molecule has 2 heterocycles. The predicted molar refractivity (Wildman–Crippen MR) is 113 cm³/mol. The van der Waals surface area contributed by atoms with Gasteiger partial charge in [0.05, 0.1) is 26.0 Å². The molecule has 142 valence electrons. The Morgan fingerprint density at radius 3 is 2.68 bits per heavy atom. The van der Waals surface area contributed by atoms with Crippen molar-refractivity contribution in [3.8, 4) is 0 Å². The van der Waals surface area contributed by atoms with Crippen molar-refractivity contribution >= 4 is 67.1 Å². The molecule has 0 radical (unpaired) electrons. The number of hydrogen-bond acceptors (Lipinski definition) is 5. The van der Waals surface area contributed by atoms with E-state index in [0.29, 0.717) is 20.6 Å². The maximum Gasteiger partial charge on any atom is 0.326 e. The average molecular weight is 431 g/mol. The predicted octanol–water partition coefficient (Wildman–Crippen LogP) is 4.88. The largest absolute Gasteiger partial charge is 0.465 e. The Balaban J connectivity index is 1.92. The van der Waals surface area contributed by atoms with Crippen molar-refractivity contribution in [1.29, 1.82) is 0 Å². The van der Waals surface area contributed by atoms with Crippen molar-refractivity contribution in [3.05, 3.63) is 62.5 Å². The SMILES string of the molecule is CCOC(=O)Cn1c(=NC(=O)c2ccc(Cl)s2)sc2c3ccccc3ccc21. The van der Waals surface area contributed by atoms with Crippen molar-refractivity contribution in [1.82, 2.24) is 4.57 Å². The molecule has 0 aliphatic carbocycles. The number of carbonyl (C=O) groups is 2. The summed E-state index contributed by atoms with van der Waals surface area (Å²) >= 11 is 8.49. The Morgan fingerprint density at radius 1 is 1.11 bits per heavy atom. The Kier molecular flexibility index (Phi) is 5.30. The van der Waals surface area contributed by atoms with Crippen LogP contribution < -0.4 is 4.80 Å². The molecule has 4 rings (SSSR count). The normalized spacial score (nSPS) is 12.0. The van der Waals surface area contributed by atoms with Crippen LogP contribution in [-0.2, 0) is 16.1 Å². The number of benzene rings is 2. The van der Waals surface area contributed by atoms with E-state index in [9.17, 15) is 9.59 Å². The Morgan fingerprint density at radius 2 is 1.93 bits per heavy atom. The van der Waals surface area contributed by atoms with Crippen LogP contribution in [0.25, 0.3) is 21.0 Å². The molecule has 28 heavy (non-hydrogen) atoms. The summed E-state index contributed by atoms with van der Waals surface area (Å²) in [4.78, 5) is 29.9. The van der Waals surface area contributed by atoms with Gasteiger partial charge in [0.25, 0.3) is 5.91 Å². The molecule has 0 aliphatic heterocycles. The lowest BCUT2D eigenvalue weighted by molar-refractivity contribution is -0.143. The third-order valence-electron chi connectivity index (χ3n) is 4.15. The smallest absolute Gasteiger partial charge is 0.326 e. The van der Waals surface area contributed by atoms with E-state index in [-0.39, 0.29) is 18.4 Å². The molecular formula is C20H15ClN2O3S2. The van der Waals surface area contributed by atoms with Gasteiger partial charge in [-0.1, -0.05) is 53.3 Å². The lowest BCUT2D eigenvalue weighted by Crippen LogP contribution is -2.23. The molecule has 2 aromatic carbocycles. The van der Waals surface area contributed by atoms with E-state index in [0.717, 1.165) is 21.0 Å². The summed E-state index contributed by atoms with van der Waals surface area (Å²) in [7, 11) is 0. The molecule has 0 atom stereocenters. The quantitative estimate of drug-likeness (QED) is 0.434. The molecule has 0 bridgehead atoms. The monoisotopic (exact) mass is 430 g/mol. The zero-order valence-electron chi connectivity index (χ0n) is 14.8. The zero-order chi connectivity index (χ0) is 19.7. The standard InChI is InChI=1S/C20H15ClN2O3S2/c1-2-26-17(24)11-23-14-8-7-12-5-3-4-6-13(12)18(14)28-20(23)22-19(25)15-9-10-16(21)27-15/h3-10H,2,11H2,1H3. The van der Waals surface area contributed by atoms with Crippen molar-refractivity contribution < 1.29 is 14.3 Å². The van der Waals surface area contributed by atoms with E-state index in [1.807, 2.05) is 36.4 Å². The molecule has 0 N–H and O–H groups in total. The molecule has 2 aromatic heterocycles. The third-order valence-corrected chi connectivity index (χ3v) is 6.49. The van der Waals surface area contributed by atoms with E-state index in [4.69, 9.17) is 16.3 Å². The second-order valence-electron chi connectivity index (χ2n) is 5.93. The molecule has 0 aliphatic rings. The lowest BCUT2D eigenvalue weighted by Gasteiger charge is -2.05. The van der Waals surface area contributed by atoms with Crippen LogP contribution in [0.4, 0.5) is 0 Å². The first-order valence-electron chi connectivity index (χ1n) is 8.58. The highest BCUT2D eigenvalue weighted by Gasteiger charge is 2.15. The molecular weight excluding hydrogens is 416 g/mol. The molecule has 0 spiro atoms. The molecule has 0 saturated carbocycles. The van der Waals surface area contributed by atoms with Gasteiger partial charge in [0.2, 0.25) is 0 Å². The summed E-state index contributed by atoms with van der Waals surface area (Å²) in [5.74, 6) is -0.756. The zero-order valence-corrected chi connectivity index (χ0v) is 17.2. The first kappa shape index (κ1) is 18.9. The van der Waals surface area contributed by atoms with E-state index < -0.39 is 0 Å². The highest BCUT2D eigenvalue weighted by atomic mass is 35.5. The van der Waals surface area contributed by atoms with Crippen molar-refractivity contribution in [2.45, 2.75) is 13.5 Å². The highest BCUT2D eigenvalue weighted by Crippen LogP contribution is 2.28. The fourth-order valence-electron chi connectivity index (χ4n) is 2.94. The van der Waals surface area contributed by atoms with Gasteiger partial charge < -0.3 is 9.30 Å². The summed E-state index contributed by atoms with van der Waals surface area (Å²) < 4.78 is 8.33. The first-order chi connectivity index (χ1) is 13.6. The van der Waals surface area contributed by atoms with Gasteiger partial charge in [-0.15, -0.1) is 11.3 Å². The Bertz CT molecular complexity index is 1270. The Labute approximate surface area is 173 Å². The van der Waals surface area contributed by atoms with E-state index in [1.54, 1.807) is 23.6 Å². The van der Waals surface area contributed by atoms with Gasteiger partial charge in [-0.25, -0.2) is 0 Å². The van der Waals surface area contributed by atoms with Crippen molar-refractivity contribution in [2.75, 3.05) is 6.61 Å². The number of nitrogens with zero attached hydrogens (tertiary/aromatic N) is 2. The maximum absolute atomic E-state index is 12.6. The van der Waals surface area contributed by atoms with Gasteiger partial charge in [0.15, 0.2) is 4.80 Å². The number of carbonyl (C=O) groups excluding carboxylic acids is 2. The van der Waals surface area contributed by atoms with Crippen LogP contribution in [0, 0.1) is 0 Å². The molecule has 0 saturated heterocycles. The number of halogens is 1. The number of rotatable bonds is 4. The number of amides is 1. The number of aromatic nitrogens is 1. The van der Waals surface area contributed by atoms with Gasteiger partial charge in [0, 0.05) is 5.39 Å². The summed E-state index contributed by atoms with van der Waals surface area (Å²) in [5, 5.41) is 2.14. The molecule has 0 unspecified atom stereocenters. The second-order valence-corrected chi connectivity index (χ2v) is 8.62. The van der Waals surface area contributed by atoms with Crippen LogP contribution in [0.15, 0.2) is 53.5 Å². The number of esters is 1. The first-order valence-corrected chi connectivity index (χ1v) is 10.6. The second kappa shape index (κ2) is 7.87. The van der Waals surface area contributed by atoms with Crippen LogP contribution >= 0.6 is 34.3 Å². The molecule has 8 heteroatoms. The fraction of sp³-hybridized carbons (Fsp3) is 0.150. The average Bonchev–Trinajstić information content (AvgIpc) is 3.26. The van der Waals surface area contributed by atoms with E-state index in [1.165, 1.54) is 22.7 Å². The highest BCUT2D eigenvalue weighted by molar-refractivity contribution is 7.18.